The molecule has 0 N–H and O–H groups in total. The van der Waals surface area contributed by atoms with Crippen LogP contribution in [-0.4, -0.2) is 46.0 Å². The highest BCUT2D eigenvalue weighted by atomic mass is 16.7. The van der Waals surface area contributed by atoms with E-state index >= 15 is 0 Å². The number of nitrogens with zero attached hydrogens (tertiary/aromatic N) is 2. The maximum Gasteiger partial charge on any atom is 0.410 e. The van der Waals surface area contributed by atoms with Gasteiger partial charge in [0.15, 0.2) is 0 Å². The molecule has 3 amide bonds. The zero-order chi connectivity index (χ0) is 22.3. The Hall–Kier alpha value is -3.62. The molecule has 9 heteroatoms. The van der Waals surface area contributed by atoms with Gasteiger partial charge in [-0.1, -0.05) is 17.2 Å². The number of benzene rings is 1. The van der Waals surface area contributed by atoms with Crippen LogP contribution in [0.4, 0.5) is 4.79 Å². The molecule has 1 aromatic carbocycles. The van der Waals surface area contributed by atoms with E-state index in [1.165, 1.54) is 18.2 Å². The van der Waals surface area contributed by atoms with E-state index in [4.69, 9.17) is 14.0 Å². The Morgan fingerprint density at radius 2 is 1.71 bits per heavy atom. The van der Waals surface area contributed by atoms with Crippen molar-refractivity contribution in [1.82, 2.24) is 9.96 Å². The lowest BCUT2D eigenvalue weighted by molar-refractivity contribution is -0.0603. The van der Waals surface area contributed by atoms with Crippen LogP contribution in [0.15, 0.2) is 34.7 Å². The Morgan fingerprint density at radius 1 is 1.06 bits per heavy atom. The van der Waals surface area contributed by atoms with Crippen LogP contribution in [0, 0.1) is 0 Å². The van der Waals surface area contributed by atoms with Crippen molar-refractivity contribution in [3.63, 3.8) is 0 Å². The summed E-state index contributed by atoms with van der Waals surface area (Å²) in [4.78, 5) is 56.4. The Morgan fingerprint density at radius 3 is 2.32 bits per heavy atom. The Bertz CT molecular complexity index is 1040. The number of imide groups is 1. The zero-order valence-corrected chi connectivity index (χ0v) is 17.5. The molecule has 2 aliphatic rings. The Balaban J connectivity index is 1.48. The number of hydrogen-bond donors (Lipinski definition) is 0. The number of carbonyl (C=O) groups excluding carboxylic acids is 4. The van der Waals surface area contributed by atoms with Crippen molar-refractivity contribution in [2.24, 2.45) is 0 Å². The summed E-state index contributed by atoms with van der Waals surface area (Å²) < 4.78 is 11.1. The fourth-order valence-corrected chi connectivity index (χ4v) is 3.49. The van der Waals surface area contributed by atoms with Crippen LogP contribution in [0.25, 0.3) is 0 Å². The van der Waals surface area contributed by atoms with E-state index in [-0.39, 0.29) is 23.4 Å². The molecule has 162 valence electrons. The minimum atomic E-state index is -0.966. The molecular weight excluding hydrogens is 404 g/mol. The molecule has 9 nitrogen and oxygen atoms in total. The SMILES string of the molecule is CC(C)(C)OC(=O)N1CCCc2oc(C(=O)ON3C(=O)c4ccccc4C3=O)cc2C1. The molecule has 3 heterocycles. The van der Waals surface area contributed by atoms with E-state index in [1.54, 1.807) is 37.8 Å². The number of furan rings is 1. The highest BCUT2D eigenvalue weighted by Crippen LogP contribution is 2.27. The number of hydroxylamine groups is 2. The summed E-state index contributed by atoms with van der Waals surface area (Å²) in [6.45, 7) is 6.08. The summed E-state index contributed by atoms with van der Waals surface area (Å²) in [6.07, 6.45) is 0.707. The standard InChI is InChI=1S/C22H22N2O7/c1-22(2,3)30-21(28)23-10-6-9-16-13(12-23)11-17(29-16)20(27)31-24-18(25)14-7-4-5-8-15(14)19(24)26/h4-5,7-8,11H,6,9-10,12H2,1-3H3. The van der Waals surface area contributed by atoms with Crippen LogP contribution in [0.1, 0.15) is 69.8 Å². The zero-order valence-electron chi connectivity index (χ0n) is 17.5. The molecule has 0 radical (unpaired) electrons. The Kier molecular flexibility index (Phi) is 5.04. The quantitative estimate of drug-likeness (QED) is 0.678. The van der Waals surface area contributed by atoms with Crippen molar-refractivity contribution in [2.75, 3.05) is 6.54 Å². The molecule has 0 unspecified atom stereocenters. The molecule has 1 aromatic heterocycles. The van der Waals surface area contributed by atoms with Gasteiger partial charge in [0, 0.05) is 18.5 Å². The molecule has 0 bridgehead atoms. The predicted molar refractivity (Wildman–Crippen MR) is 106 cm³/mol. The normalized spacial score (nSPS) is 16.0. The molecule has 0 atom stereocenters. The number of carbonyl (C=O) groups is 4. The predicted octanol–water partition coefficient (Wildman–Crippen LogP) is 3.33. The first kappa shape index (κ1) is 20.6. The highest BCUT2D eigenvalue weighted by molar-refractivity contribution is 6.21. The van der Waals surface area contributed by atoms with Crippen molar-refractivity contribution >= 4 is 23.9 Å². The highest BCUT2D eigenvalue weighted by Gasteiger charge is 2.39. The summed E-state index contributed by atoms with van der Waals surface area (Å²) in [5.41, 5.74) is 0.369. The molecule has 2 aromatic rings. The molecule has 4 rings (SSSR count). The van der Waals surface area contributed by atoms with Crippen LogP contribution in [-0.2, 0) is 22.5 Å². The third-order valence-electron chi connectivity index (χ3n) is 4.87. The molecule has 0 aliphatic carbocycles. The first-order chi connectivity index (χ1) is 14.6. The molecule has 31 heavy (non-hydrogen) atoms. The molecule has 0 fully saturated rings. The van der Waals surface area contributed by atoms with Crippen LogP contribution in [0.5, 0.6) is 0 Å². The van der Waals surface area contributed by atoms with Crippen LogP contribution in [0.3, 0.4) is 0 Å². The maximum atomic E-state index is 12.6. The van der Waals surface area contributed by atoms with Gasteiger partial charge in [0.05, 0.1) is 17.7 Å². The largest absolute Gasteiger partial charge is 0.454 e. The van der Waals surface area contributed by atoms with Gasteiger partial charge in [0.1, 0.15) is 11.4 Å². The van der Waals surface area contributed by atoms with E-state index in [2.05, 4.69) is 0 Å². The van der Waals surface area contributed by atoms with E-state index in [0.29, 0.717) is 35.8 Å². The van der Waals surface area contributed by atoms with Crippen molar-refractivity contribution in [1.29, 1.82) is 0 Å². The van der Waals surface area contributed by atoms with Crippen molar-refractivity contribution in [3.8, 4) is 0 Å². The van der Waals surface area contributed by atoms with Crippen molar-refractivity contribution in [2.45, 2.75) is 45.8 Å². The second kappa shape index (κ2) is 7.57. The summed E-state index contributed by atoms with van der Waals surface area (Å²) in [5.74, 6) is -1.98. The van der Waals surface area contributed by atoms with Crippen LogP contribution >= 0.6 is 0 Å². The Labute approximate surface area is 178 Å². The monoisotopic (exact) mass is 426 g/mol. The lowest BCUT2D eigenvalue weighted by Gasteiger charge is -2.26. The summed E-state index contributed by atoms with van der Waals surface area (Å²) in [6, 6.07) is 7.69. The third-order valence-corrected chi connectivity index (χ3v) is 4.87. The summed E-state index contributed by atoms with van der Waals surface area (Å²) in [7, 11) is 0. The van der Waals surface area contributed by atoms with Gasteiger partial charge in [-0.15, -0.1) is 0 Å². The van der Waals surface area contributed by atoms with Crippen LogP contribution in [0.2, 0.25) is 0 Å². The summed E-state index contributed by atoms with van der Waals surface area (Å²) in [5, 5.41) is 0.438. The second-order valence-corrected chi connectivity index (χ2v) is 8.39. The van der Waals surface area contributed by atoms with Gasteiger partial charge in [0.25, 0.3) is 11.8 Å². The minimum absolute atomic E-state index is 0.146. The van der Waals surface area contributed by atoms with E-state index in [9.17, 15) is 19.2 Å². The number of rotatable bonds is 2. The van der Waals surface area contributed by atoms with E-state index < -0.39 is 29.5 Å². The van der Waals surface area contributed by atoms with Crippen molar-refractivity contribution in [3.05, 3.63) is 58.5 Å². The second-order valence-electron chi connectivity index (χ2n) is 8.39. The minimum Gasteiger partial charge on any atom is -0.454 e. The average Bonchev–Trinajstić information content (AvgIpc) is 3.13. The van der Waals surface area contributed by atoms with Gasteiger partial charge in [-0.2, -0.15) is 0 Å². The number of hydrogen-bond acceptors (Lipinski definition) is 7. The fraction of sp³-hybridized carbons (Fsp3) is 0.364. The van der Waals surface area contributed by atoms with Gasteiger partial charge in [-0.05, 0) is 45.4 Å². The van der Waals surface area contributed by atoms with Gasteiger partial charge >= 0.3 is 12.1 Å². The first-order valence-corrected chi connectivity index (χ1v) is 9.93. The third kappa shape index (κ3) is 4.03. The molecule has 0 saturated carbocycles. The van der Waals surface area contributed by atoms with Gasteiger partial charge < -0.3 is 18.9 Å². The number of aryl methyl sites for hydroxylation is 1. The maximum absolute atomic E-state index is 12.6. The number of amides is 3. The molecule has 0 spiro atoms. The fourth-order valence-electron chi connectivity index (χ4n) is 3.49. The summed E-state index contributed by atoms with van der Waals surface area (Å²) >= 11 is 0. The van der Waals surface area contributed by atoms with E-state index in [0.717, 1.165) is 0 Å². The molecule has 2 aliphatic heterocycles. The number of fused-ring (bicyclic) bond motifs is 2. The van der Waals surface area contributed by atoms with Gasteiger partial charge in [0.2, 0.25) is 5.76 Å². The molecule has 0 saturated heterocycles. The van der Waals surface area contributed by atoms with Crippen molar-refractivity contribution < 1.29 is 33.2 Å². The number of ether oxygens (including phenoxy) is 1. The average molecular weight is 426 g/mol. The first-order valence-electron chi connectivity index (χ1n) is 9.93. The lowest BCUT2D eigenvalue weighted by atomic mass is 10.1. The van der Waals surface area contributed by atoms with Gasteiger partial charge in [-0.3, -0.25) is 9.59 Å². The molecular formula is C22H22N2O7. The lowest BCUT2D eigenvalue weighted by Crippen LogP contribution is -2.36. The van der Waals surface area contributed by atoms with Crippen LogP contribution < -0.4 is 0 Å². The topological polar surface area (TPSA) is 106 Å². The van der Waals surface area contributed by atoms with E-state index in [1.807, 2.05) is 0 Å². The van der Waals surface area contributed by atoms with Gasteiger partial charge in [-0.25, -0.2) is 9.59 Å². The smallest absolute Gasteiger partial charge is 0.410 e.